The van der Waals surface area contributed by atoms with Gasteiger partial charge in [0.05, 0.1) is 16.8 Å². The maximum absolute atomic E-state index is 14.0. The molecule has 4 heterocycles. The number of halogens is 6. The lowest BCUT2D eigenvalue weighted by Gasteiger charge is -2.39. The van der Waals surface area contributed by atoms with E-state index in [9.17, 15) is 40.7 Å². The average Bonchev–Trinajstić information content (AvgIpc) is 3.58. The van der Waals surface area contributed by atoms with Crippen LogP contribution >= 0.6 is 0 Å². The Hall–Kier alpha value is -4.21. The maximum atomic E-state index is 14.0. The number of nitrogens with one attached hydrogen (secondary N) is 2. The van der Waals surface area contributed by atoms with E-state index in [0.717, 1.165) is 37.2 Å². The Labute approximate surface area is 292 Å². The van der Waals surface area contributed by atoms with E-state index < -0.39 is 59.1 Å². The van der Waals surface area contributed by atoms with E-state index in [2.05, 4.69) is 15.5 Å². The van der Waals surface area contributed by atoms with Gasteiger partial charge in [-0.15, -0.1) is 0 Å². The Morgan fingerprint density at radius 1 is 0.824 bits per heavy atom. The number of piperidine rings is 2. The van der Waals surface area contributed by atoms with Gasteiger partial charge in [0.25, 0.3) is 0 Å². The highest BCUT2D eigenvalue weighted by Gasteiger charge is 2.42. The van der Waals surface area contributed by atoms with Crippen molar-refractivity contribution in [2.75, 3.05) is 56.9 Å². The predicted molar refractivity (Wildman–Crippen MR) is 178 cm³/mol. The molecule has 0 aliphatic carbocycles. The van der Waals surface area contributed by atoms with Crippen LogP contribution < -0.4 is 16.4 Å². The molecule has 16 heteroatoms. The number of carbonyl (C=O) groups is 3. The molecule has 6 rings (SSSR count). The molecule has 0 bridgehead atoms. The third-order valence-corrected chi connectivity index (χ3v) is 10.7. The fourth-order valence-electron chi connectivity index (χ4n) is 7.87. The lowest BCUT2D eigenvalue weighted by atomic mass is 9.96. The summed E-state index contributed by atoms with van der Waals surface area (Å²) in [5.74, 6) is -0.571. The Morgan fingerprint density at radius 2 is 1.39 bits per heavy atom. The number of benzene rings is 2. The standard InChI is InChI=1S/C35H43F6N7O3/c36-34(37,38)26-19-22(20-27(30(26)42)35(39,40)41)21-29(31(49)46-14-8-24(9-15-46)45-12-3-4-13-45)44-32(50)47-16-10-25(11-17-47)48-18-7-23-5-1-2-6-28(23)43-33(48)51/h1-2,5-6,19-20,24-25,29H,3-4,7-18,21,42H2,(H,43,51)(H,44,50)/t29-/m1/s1. The van der Waals surface area contributed by atoms with Crippen molar-refractivity contribution in [3.8, 4) is 0 Å². The number of nitrogens with two attached hydrogens (primary N) is 1. The zero-order valence-electron chi connectivity index (χ0n) is 28.2. The molecule has 3 saturated heterocycles. The Morgan fingerprint density at radius 3 is 2.00 bits per heavy atom. The largest absolute Gasteiger partial charge is 0.418 e. The molecule has 1 atom stereocenters. The van der Waals surface area contributed by atoms with E-state index >= 15 is 0 Å². The molecule has 4 aliphatic rings. The highest BCUT2D eigenvalue weighted by molar-refractivity contribution is 5.91. The minimum absolute atomic E-state index is 0.158. The topological polar surface area (TPSA) is 114 Å². The van der Waals surface area contributed by atoms with Crippen LogP contribution in [-0.4, -0.2) is 102 Å². The van der Waals surface area contributed by atoms with Gasteiger partial charge < -0.3 is 36.0 Å². The van der Waals surface area contributed by atoms with E-state index in [-0.39, 0.29) is 31.2 Å². The molecule has 0 spiro atoms. The molecule has 0 radical (unpaired) electrons. The highest BCUT2D eigenvalue weighted by atomic mass is 19.4. The summed E-state index contributed by atoms with van der Waals surface area (Å²) in [6, 6.07) is 6.39. The Balaban J connectivity index is 1.17. The number of amides is 5. The van der Waals surface area contributed by atoms with E-state index in [0.29, 0.717) is 63.9 Å². The van der Waals surface area contributed by atoms with Crippen molar-refractivity contribution < 1.29 is 40.7 Å². The Bertz CT molecular complexity index is 1560. The van der Waals surface area contributed by atoms with Crippen molar-refractivity contribution >= 4 is 29.3 Å². The first-order valence-corrected chi connectivity index (χ1v) is 17.5. The summed E-state index contributed by atoms with van der Waals surface area (Å²) in [6.45, 7) is 3.60. The second-order valence-electron chi connectivity index (χ2n) is 13.9. The number of nitrogens with zero attached hydrogens (tertiary/aromatic N) is 4. The first-order chi connectivity index (χ1) is 24.2. The molecule has 0 saturated carbocycles. The van der Waals surface area contributed by atoms with Crippen LogP contribution in [0.1, 0.15) is 60.8 Å². The number of hydrogen-bond acceptors (Lipinski definition) is 5. The van der Waals surface area contributed by atoms with Gasteiger partial charge >= 0.3 is 24.4 Å². The average molecular weight is 724 g/mol. The molecule has 0 unspecified atom stereocenters. The number of likely N-dealkylation sites (tertiary alicyclic amines) is 3. The fraction of sp³-hybridized carbons (Fsp3) is 0.571. The summed E-state index contributed by atoms with van der Waals surface area (Å²) in [5, 5.41) is 5.60. The Kier molecular flexibility index (Phi) is 10.6. The normalized spacial score (nSPS) is 20.5. The number of alkyl halides is 6. The van der Waals surface area contributed by atoms with Crippen LogP contribution in [0.15, 0.2) is 36.4 Å². The smallest absolute Gasteiger partial charge is 0.398 e. The van der Waals surface area contributed by atoms with Gasteiger partial charge in [0.2, 0.25) is 5.91 Å². The van der Waals surface area contributed by atoms with E-state index in [1.807, 2.05) is 24.3 Å². The van der Waals surface area contributed by atoms with Gasteiger partial charge in [-0.1, -0.05) is 18.2 Å². The van der Waals surface area contributed by atoms with Crippen LogP contribution in [0.3, 0.4) is 0 Å². The molecule has 4 N–H and O–H groups in total. The predicted octanol–water partition coefficient (Wildman–Crippen LogP) is 5.57. The molecule has 4 aliphatic heterocycles. The number of urea groups is 2. The second kappa shape index (κ2) is 14.8. The SMILES string of the molecule is Nc1c(C(F)(F)F)cc(C[C@@H](NC(=O)N2CCC(N3CCc4ccccc4NC3=O)CC2)C(=O)N2CCC(N3CCCC3)CC2)cc1C(F)(F)F. The number of carbonyl (C=O) groups excluding carboxylic acids is 3. The monoisotopic (exact) mass is 723 g/mol. The molecule has 3 fully saturated rings. The van der Waals surface area contributed by atoms with Crippen molar-refractivity contribution in [2.45, 2.75) is 81.8 Å². The van der Waals surface area contributed by atoms with E-state index in [1.165, 1.54) is 9.80 Å². The minimum Gasteiger partial charge on any atom is -0.398 e. The second-order valence-corrected chi connectivity index (χ2v) is 13.9. The maximum Gasteiger partial charge on any atom is 0.418 e. The van der Waals surface area contributed by atoms with Gasteiger partial charge in [-0.3, -0.25) is 4.79 Å². The van der Waals surface area contributed by atoms with Crippen LogP contribution in [-0.2, 0) is 30.0 Å². The van der Waals surface area contributed by atoms with Crippen LogP contribution in [0.2, 0.25) is 0 Å². The molecule has 51 heavy (non-hydrogen) atoms. The molecule has 0 aromatic heterocycles. The summed E-state index contributed by atoms with van der Waals surface area (Å²) in [4.78, 5) is 47.8. The van der Waals surface area contributed by atoms with Crippen molar-refractivity contribution in [3.63, 3.8) is 0 Å². The van der Waals surface area contributed by atoms with Crippen LogP contribution in [0.25, 0.3) is 0 Å². The van der Waals surface area contributed by atoms with Crippen molar-refractivity contribution in [2.24, 2.45) is 0 Å². The first kappa shape index (κ1) is 36.6. The number of nitrogen functional groups attached to an aromatic ring is 1. The van der Waals surface area contributed by atoms with Crippen molar-refractivity contribution in [3.05, 3.63) is 58.7 Å². The summed E-state index contributed by atoms with van der Waals surface area (Å²) < 4.78 is 83.1. The fourth-order valence-corrected chi connectivity index (χ4v) is 7.87. The van der Waals surface area contributed by atoms with E-state index in [1.54, 1.807) is 4.90 Å². The zero-order chi connectivity index (χ0) is 36.5. The van der Waals surface area contributed by atoms with E-state index in [4.69, 9.17) is 5.73 Å². The van der Waals surface area contributed by atoms with Crippen LogP contribution in [0.5, 0.6) is 0 Å². The molecule has 2 aromatic rings. The number of fused-ring (bicyclic) bond motifs is 1. The van der Waals surface area contributed by atoms with Crippen LogP contribution in [0.4, 0.5) is 47.3 Å². The highest BCUT2D eigenvalue weighted by Crippen LogP contribution is 2.42. The van der Waals surface area contributed by atoms with Gasteiger partial charge in [-0.2, -0.15) is 26.3 Å². The first-order valence-electron chi connectivity index (χ1n) is 17.5. The van der Waals surface area contributed by atoms with Crippen molar-refractivity contribution in [1.29, 1.82) is 0 Å². The summed E-state index contributed by atoms with van der Waals surface area (Å²) in [6.07, 6.45) is -5.86. The summed E-state index contributed by atoms with van der Waals surface area (Å²) in [7, 11) is 0. The lowest BCUT2D eigenvalue weighted by Crippen LogP contribution is -2.57. The molecule has 2 aromatic carbocycles. The molecule has 10 nitrogen and oxygen atoms in total. The van der Waals surface area contributed by atoms with Crippen LogP contribution in [0, 0.1) is 0 Å². The number of para-hydroxylation sites is 1. The third kappa shape index (κ3) is 8.31. The summed E-state index contributed by atoms with van der Waals surface area (Å²) >= 11 is 0. The van der Waals surface area contributed by atoms with Gasteiger partial charge in [-0.05, 0) is 87.4 Å². The zero-order valence-corrected chi connectivity index (χ0v) is 28.2. The van der Waals surface area contributed by atoms with Gasteiger partial charge in [-0.25, -0.2) is 9.59 Å². The molecular formula is C35H43F6N7O3. The van der Waals surface area contributed by atoms with Crippen molar-refractivity contribution in [1.82, 2.24) is 24.9 Å². The molecule has 5 amide bonds. The minimum atomic E-state index is -5.18. The van der Waals surface area contributed by atoms with Gasteiger partial charge in [0.1, 0.15) is 6.04 Å². The molecule has 278 valence electrons. The lowest BCUT2D eigenvalue weighted by molar-refractivity contribution is -0.141. The summed E-state index contributed by atoms with van der Waals surface area (Å²) in [5.41, 5.74) is 1.95. The number of rotatable bonds is 6. The quantitative estimate of drug-likeness (QED) is 0.267. The number of hydrogen-bond donors (Lipinski definition) is 3. The third-order valence-electron chi connectivity index (χ3n) is 10.7. The molecular weight excluding hydrogens is 680 g/mol. The van der Waals surface area contributed by atoms with Gasteiger partial charge in [0, 0.05) is 56.9 Å². The van der Waals surface area contributed by atoms with Gasteiger partial charge in [0.15, 0.2) is 0 Å². The number of anilines is 2.